The molecule has 1 aromatic carbocycles. The number of aryl methyl sites for hydroxylation is 1. The lowest BCUT2D eigenvalue weighted by Gasteiger charge is -2.22. The molecule has 0 aliphatic rings. The smallest absolute Gasteiger partial charge is 0.337 e. The molecule has 0 saturated heterocycles. The Morgan fingerprint density at radius 3 is 2.62 bits per heavy atom. The average Bonchev–Trinajstić information content (AvgIpc) is 2.16. The molecule has 1 atom stereocenters. The molecular formula is C12H17NO3. The number of aromatic carboxylic acids is 1. The van der Waals surface area contributed by atoms with Crippen LogP contribution in [0, 0.1) is 6.92 Å². The van der Waals surface area contributed by atoms with Crippen LogP contribution in [-0.2, 0) is 0 Å². The van der Waals surface area contributed by atoms with Gasteiger partial charge in [-0.05, 0) is 26.0 Å². The number of benzene rings is 1. The number of anilines is 1. The van der Waals surface area contributed by atoms with Crippen LogP contribution in [0.3, 0.4) is 0 Å². The van der Waals surface area contributed by atoms with Gasteiger partial charge in [0, 0.05) is 13.6 Å². The van der Waals surface area contributed by atoms with Gasteiger partial charge in [-0.25, -0.2) is 4.79 Å². The van der Waals surface area contributed by atoms with E-state index in [1.807, 2.05) is 13.0 Å². The molecule has 0 fully saturated rings. The highest BCUT2D eigenvalue weighted by Gasteiger charge is 2.14. The first-order valence-electron chi connectivity index (χ1n) is 5.15. The van der Waals surface area contributed by atoms with E-state index in [2.05, 4.69) is 0 Å². The zero-order valence-electron chi connectivity index (χ0n) is 9.77. The lowest BCUT2D eigenvalue weighted by Crippen LogP contribution is -2.28. The Bertz CT molecular complexity index is 388. The van der Waals surface area contributed by atoms with Gasteiger partial charge in [-0.2, -0.15) is 0 Å². The first-order chi connectivity index (χ1) is 7.41. The van der Waals surface area contributed by atoms with Gasteiger partial charge in [0.05, 0.1) is 17.4 Å². The molecule has 0 amide bonds. The molecule has 4 nitrogen and oxygen atoms in total. The van der Waals surface area contributed by atoms with Gasteiger partial charge in [-0.15, -0.1) is 0 Å². The summed E-state index contributed by atoms with van der Waals surface area (Å²) in [5.41, 5.74) is 1.80. The van der Waals surface area contributed by atoms with E-state index in [9.17, 15) is 9.90 Å². The molecule has 0 spiro atoms. The summed E-state index contributed by atoms with van der Waals surface area (Å²) in [7, 11) is 1.77. The van der Waals surface area contributed by atoms with Gasteiger partial charge in [0.15, 0.2) is 0 Å². The second kappa shape index (κ2) is 4.99. The number of hydrogen-bond acceptors (Lipinski definition) is 3. The van der Waals surface area contributed by atoms with Crippen LogP contribution < -0.4 is 4.90 Å². The van der Waals surface area contributed by atoms with Crippen molar-refractivity contribution in [1.29, 1.82) is 0 Å². The highest BCUT2D eigenvalue weighted by molar-refractivity contribution is 5.94. The molecule has 0 aromatic heterocycles. The summed E-state index contributed by atoms with van der Waals surface area (Å²) < 4.78 is 0. The second-order valence-corrected chi connectivity index (χ2v) is 4.06. The van der Waals surface area contributed by atoms with Crippen molar-refractivity contribution in [2.24, 2.45) is 0 Å². The predicted molar refractivity (Wildman–Crippen MR) is 63.1 cm³/mol. The van der Waals surface area contributed by atoms with E-state index in [-0.39, 0.29) is 5.56 Å². The Morgan fingerprint density at radius 1 is 1.50 bits per heavy atom. The highest BCUT2D eigenvalue weighted by atomic mass is 16.4. The summed E-state index contributed by atoms with van der Waals surface area (Å²) in [5, 5.41) is 18.4. The van der Waals surface area contributed by atoms with Crippen LogP contribution in [0.4, 0.5) is 5.69 Å². The number of aliphatic hydroxyl groups is 1. The number of hydrogen-bond donors (Lipinski definition) is 2. The van der Waals surface area contributed by atoms with E-state index in [4.69, 9.17) is 5.11 Å². The molecule has 0 aliphatic carbocycles. The molecule has 2 N–H and O–H groups in total. The van der Waals surface area contributed by atoms with Crippen molar-refractivity contribution in [2.45, 2.75) is 20.0 Å². The molecule has 1 aromatic rings. The molecule has 4 heteroatoms. The Kier molecular flexibility index (Phi) is 3.90. The van der Waals surface area contributed by atoms with E-state index in [0.717, 1.165) is 5.56 Å². The third-order valence-corrected chi connectivity index (χ3v) is 2.33. The summed E-state index contributed by atoms with van der Waals surface area (Å²) in [6, 6.07) is 5.26. The van der Waals surface area contributed by atoms with Crippen LogP contribution in [0.2, 0.25) is 0 Å². The Morgan fingerprint density at radius 2 is 2.12 bits per heavy atom. The number of carboxylic acid groups (broad SMARTS) is 1. The molecule has 16 heavy (non-hydrogen) atoms. The minimum absolute atomic E-state index is 0.267. The maximum Gasteiger partial charge on any atom is 0.337 e. The molecule has 1 unspecified atom stereocenters. The van der Waals surface area contributed by atoms with Crippen molar-refractivity contribution in [3.05, 3.63) is 29.3 Å². The lowest BCUT2D eigenvalue weighted by molar-refractivity contribution is 0.0697. The molecule has 1 rings (SSSR count). The van der Waals surface area contributed by atoms with Crippen LogP contribution in [0.1, 0.15) is 22.8 Å². The van der Waals surface area contributed by atoms with Crippen molar-refractivity contribution >= 4 is 11.7 Å². The minimum atomic E-state index is -0.948. The number of likely N-dealkylation sites (N-methyl/N-ethyl adjacent to an activating group) is 1. The maximum atomic E-state index is 11.1. The van der Waals surface area contributed by atoms with Crippen LogP contribution in [0.5, 0.6) is 0 Å². The Hall–Kier alpha value is -1.55. The quantitative estimate of drug-likeness (QED) is 0.812. The number of rotatable bonds is 4. The molecule has 0 aliphatic heterocycles. The van der Waals surface area contributed by atoms with E-state index in [1.165, 1.54) is 0 Å². The van der Waals surface area contributed by atoms with Gasteiger partial charge in [-0.1, -0.05) is 11.6 Å². The molecule has 0 heterocycles. The molecule has 0 bridgehead atoms. The average molecular weight is 223 g/mol. The SMILES string of the molecule is Cc1ccc(N(C)CC(C)O)c(C(=O)O)c1. The van der Waals surface area contributed by atoms with Gasteiger partial charge in [-0.3, -0.25) is 0 Å². The van der Waals surface area contributed by atoms with Gasteiger partial charge >= 0.3 is 5.97 Å². The van der Waals surface area contributed by atoms with E-state index < -0.39 is 12.1 Å². The third kappa shape index (κ3) is 2.97. The summed E-state index contributed by atoms with van der Waals surface area (Å²) in [5.74, 6) is -0.948. The Balaban J connectivity index is 3.07. The predicted octanol–water partition coefficient (Wildman–Crippen LogP) is 1.51. The van der Waals surface area contributed by atoms with E-state index >= 15 is 0 Å². The fourth-order valence-electron chi connectivity index (χ4n) is 1.65. The van der Waals surface area contributed by atoms with E-state index in [0.29, 0.717) is 12.2 Å². The second-order valence-electron chi connectivity index (χ2n) is 4.06. The Labute approximate surface area is 95.1 Å². The largest absolute Gasteiger partial charge is 0.478 e. The van der Waals surface area contributed by atoms with Crippen molar-refractivity contribution in [2.75, 3.05) is 18.5 Å². The van der Waals surface area contributed by atoms with Crippen LogP contribution in [0.15, 0.2) is 18.2 Å². The van der Waals surface area contributed by atoms with Crippen molar-refractivity contribution in [1.82, 2.24) is 0 Å². The zero-order chi connectivity index (χ0) is 12.3. The van der Waals surface area contributed by atoms with Crippen molar-refractivity contribution in [3.8, 4) is 0 Å². The lowest BCUT2D eigenvalue weighted by atomic mass is 10.1. The van der Waals surface area contributed by atoms with Crippen LogP contribution in [-0.4, -0.2) is 35.9 Å². The van der Waals surface area contributed by atoms with Gasteiger partial charge in [0.25, 0.3) is 0 Å². The first kappa shape index (κ1) is 12.5. The van der Waals surface area contributed by atoms with Crippen molar-refractivity contribution in [3.63, 3.8) is 0 Å². The summed E-state index contributed by atoms with van der Waals surface area (Å²) in [4.78, 5) is 12.8. The topological polar surface area (TPSA) is 60.8 Å². The molecule has 0 saturated carbocycles. The first-order valence-corrected chi connectivity index (χ1v) is 5.15. The van der Waals surface area contributed by atoms with Gasteiger partial charge in [0.2, 0.25) is 0 Å². The number of nitrogens with zero attached hydrogens (tertiary/aromatic N) is 1. The molecular weight excluding hydrogens is 206 g/mol. The van der Waals surface area contributed by atoms with Gasteiger partial charge < -0.3 is 15.1 Å². The summed E-state index contributed by atoms with van der Waals surface area (Å²) >= 11 is 0. The van der Waals surface area contributed by atoms with E-state index in [1.54, 1.807) is 31.0 Å². The monoisotopic (exact) mass is 223 g/mol. The fourth-order valence-corrected chi connectivity index (χ4v) is 1.65. The maximum absolute atomic E-state index is 11.1. The minimum Gasteiger partial charge on any atom is -0.478 e. The number of aliphatic hydroxyl groups excluding tert-OH is 1. The zero-order valence-corrected chi connectivity index (χ0v) is 9.77. The fraction of sp³-hybridized carbons (Fsp3) is 0.417. The number of carbonyl (C=O) groups is 1. The number of carboxylic acids is 1. The summed E-state index contributed by atoms with van der Waals surface area (Å²) in [6.45, 7) is 3.93. The normalized spacial score (nSPS) is 12.2. The van der Waals surface area contributed by atoms with Gasteiger partial charge in [0.1, 0.15) is 0 Å². The van der Waals surface area contributed by atoms with Crippen LogP contribution >= 0.6 is 0 Å². The van der Waals surface area contributed by atoms with Crippen molar-refractivity contribution < 1.29 is 15.0 Å². The highest BCUT2D eigenvalue weighted by Crippen LogP contribution is 2.21. The summed E-state index contributed by atoms with van der Waals surface area (Å²) in [6.07, 6.45) is -0.493. The standard InChI is InChI=1S/C12H17NO3/c1-8-4-5-11(10(6-8)12(15)16)13(3)7-9(2)14/h4-6,9,14H,7H2,1-3H3,(H,15,16). The molecule has 0 radical (unpaired) electrons. The van der Waals surface area contributed by atoms with Crippen LogP contribution in [0.25, 0.3) is 0 Å². The molecule has 88 valence electrons. The third-order valence-electron chi connectivity index (χ3n) is 2.33.